The second-order valence-corrected chi connectivity index (χ2v) is 7.64. The van der Waals surface area contributed by atoms with E-state index in [4.69, 9.17) is 0 Å². The molecule has 0 bridgehead atoms. The van der Waals surface area contributed by atoms with Gasteiger partial charge in [0, 0.05) is 32.2 Å². The van der Waals surface area contributed by atoms with Crippen LogP contribution in [0.15, 0.2) is 63.3 Å². The van der Waals surface area contributed by atoms with E-state index in [0.29, 0.717) is 0 Å². The van der Waals surface area contributed by atoms with Crippen LogP contribution in [0.5, 0.6) is 0 Å². The summed E-state index contributed by atoms with van der Waals surface area (Å²) in [4.78, 5) is 7.22. The zero-order chi connectivity index (χ0) is 14.6. The van der Waals surface area contributed by atoms with Gasteiger partial charge < -0.3 is 9.96 Å². The van der Waals surface area contributed by atoms with Crippen LogP contribution in [0.4, 0.5) is 0 Å². The Balaban J connectivity index is 5.22. The molecule has 0 aliphatic carbocycles. The van der Waals surface area contributed by atoms with E-state index < -0.39 is 8.56 Å². The van der Waals surface area contributed by atoms with Crippen molar-refractivity contribution in [3.8, 4) is 0 Å². The maximum Gasteiger partial charge on any atom is 0.288 e. The van der Waals surface area contributed by atoms with Gasteiger partial charge in [-0.1, -0.05) is 30.4 Å². The minimum atomic E-state index is -2.08. The molecule has 0 unspecified atom stereocenters. The summed E-state index contributed by atoms with van der Waals surface area (Å²) in [5, 5.41) is 0. The molecule has 0 saturated carbocycles. The van der Waals surface area contributed by atoms with Gasteiger partial charge in [0.15, 0.2) is 0 Å². The highest BCUT2D eigenvalue weighted by Gasteiger charge is 2.37. The molecule has 0 saturated heterocycles. The third-order valence-corrected chi connectivity index (χ3v) is 6.66. The first kappa shape index (κ1) is 17.8. The van der Waals surface area contributed by atoms with E-state index in [2.05, 4.69) is 47.4 Å². The van der Waals surface area contributed by atoms with Crippen molar-refractivity contribution < 1.29 is 0 Å². The van der Waals surface area contributed by atoms with Crippen LogP contribution in [-0.4, -0.2) is 39.3 Å². The number of hydrogen-bond donors (Lipinski definition) is 2. The maximum atomic E-state index is 3.89. The van der Waals surface area contributed by atoms with E-state index in [0.717, 1.165) is 32.2 Å². The summed E-state index contributed by atoms with van der Waals surface area (Å²) in [7, 11) is -2.08. The summed E-state index contributed by atoms with van der Waals surface area (Å²) >= 11 is 0. The minimum Gasteiger partial charge on any atom is -0.309 e. The predicted molar refractivity (Wildman–Crippen MR) is 89.1 cm³/mol. The molecule has 0 amide bonds. The lowest BCUT2D eigenvalue weighted by atomic mass is 10.5. The summed E-state index contributed by atoms with van der Waals surface area (Å²) < 4.78 is 2.36. The minimum absolute atomic E-state index is 0.759. The van der Waals surface area contributed by atoms with Gasteiger partial charge in [-0.3, -0.25) is 4.57 Å². The smallest absolute Gasteiger partial charge is 0.288 e. The molecule has 0 rings (SSSR count). The van der Waals surface area contributed by atoms with E-state index in [1.165, 1.54) is 0 Å². The Kier molecular flexibility index (Phi) is 10.0. The first-order chi connectivity index (χ1) is 9.20. The Bertz CT molecular complexity index is 291. The lowest BCUT2D eigenvalue weighted by Gasteiger charge is -2.41. The average molecular weight is 277 g/mol. The fraction of sp³-hybridized carbons (Fsp3) is 0.333. The molecule has 3 nitrogen and oxygen atoms in total. The number of nitrogens with zero attached hydrogens (tertiary/aromatic N) is 1. The highest BCUT2D eigenvalue weighted by Crippen LogP contribution is 2.11. The monoisotopic (exact) mass is 277 g/mol. The van der Waals surface area contributed by atoms with Crippen molar-refractivity contribution in [1.82, 2.24) is 14.5 Å². The summed E-state index contributed by atoms with van der Waals surface area (Å²) in [5.41, 5.74) is 0. The van der Waals surface area contributed by atoms with Crippen LogP contribution in [0, 0.1) is 0 Å². The second kappa shape index (κ2) is 10.7. The van der Waals surface area contributed by atoms with Crippen molar-refractivity contribution in [1.29, 1.82) is 0 Å². The van der Waals surface area contributed by atoms with Crippen molar-refractivity contribution >= 4 is 8.56 Å². The van der Waals surface area contributed by atoms with Crippen molar-refractivity contribution in [3.05, 3.63) is 63.3 Å². The summed E-state index contributed by atoms with van der Waals surface area (Å²) in [6, 6.07) is 0.885. The Morgan fingerprint density at radius 2 is 1.21 bits per heavy atom. The zero-order valence-electron chi connectivity index (χ0n) is 11.9. The first-order valence-electron chi connectivity index (χ1n) is 6.50. The van der Waals surface area contributed by atoms with Crippen LogP contribution in [-0.2, 0) is 0 Å². The predicted octanol–water partition coefficient (Wildman–Crippen LogP) is 2.34. The highest BCUT2D eigenvalue weighted by atomic mass is 28.4. The van der Waals surface area contributed by atoms with Crippen LogP contribution in [0.3, 0.4) is 0 Å². The topological polar surface area (TPSA) is 27.3 Å². The Labute approximate surface area is 119 Å². The van der Waals surface area contributed by atoms with Gasteiger partial charge >= 0.3 is 0 Å². The maximum absolute atomic E-state index is 3.89. The third-order valence-electron chi connectivity index (χ3n) is 2.76. The lowest BCUT2D eigenvalue weighted by Crippen LogP contribution is -2.73. The molecule has 0 aromatic carbocycles. The van der Waals surface area contributed by atoms with Crippen LogP contribution >= 0.6 is 0 Å². The van der Waals surface area contributed by atoms with Gasteiger partial charge in [0.2, 0.25) is 0 Å². The molecule has 2 N–H and O–H groups in total. The fourth-order valence-electron chi connectivity index (χ4n) is 1.95. The quantitative estimate of drug-likeness (QED) is 0.400. The Morgan fingerprint density at radius 3 is 1.53 bits per heavy atom. The molecule has 19 heavy (non-hydrogen) atoms. The highest BCUT2D eigenvalue weighted by molar-refractivity contribution is 6.72. The SMILES string of the molecule is C=CCN[Si](CC=C)(NCC=C)N(CC=C)CC=C. The van der Waals surface area contributed by atoms with Crippen LogP contribution < -0.4 is 9.96 Å². The lowest BCUT2D eigenvalue weighted by molar-refractivity contribution is 0.476. The van der Waals surface area contributed by atoms with Crippen LogP contribution in [0.1, 0.15) is 0 Å². The Morgan fingerprint density at radius 1 is 0.737 bits per heavy atom. The van der Waals surface area contributed by atoms with Crippen LogP contribution in [0.2, 0.25) is 6.04 Å². The van der Waals surface area contributed by atoms with Crippen molar-refractivity contribution in [3.63, 3.8) is 0 Å². The Hall–Kier alpha value is -1.20. The van der Waals surface area contributed by atoms with Gasteiger partial charge in [0.05, 0.1) is 0 Å². The molecule has 0 aromatic rings. The van der Waals surface area contributed by atoms with Gasteiger partial charge in [-0.2, -0.15) is 0 Å². The van der Waals surface area contributed by atoms with E-state index in [1.807, 2.05) is 30.4 Å². The van der Waals surface area contributed by atoms with Gasteiger partial charge in [-0.05, 0) is 0 Å². The third kappa shape index (κ3) is 5.98. The molecular formula is C15H27N3Si. The van der Waals surface area contributed by atoms with E-state index in [9.17, 15) is 0 Å². The molecular weight excluding hydrogens is 250 g/mol. The standard InChI is InChI=1S/C15H27N3Si/c1-6-11-16-19(15-10-5,17-12-7-2)18(13-8-3)14-9-4/h6-10,16-17H,1-5,11-15H2. The summed E-state index contributed by atoms with van der Waals surface area (Å²) in [6.07, 6.45) is 9.54. The van der Waals surface area contributed by atoms with Gasteiger partial charge in [-0.15, -0.1) is 32.9 Å². The summed E-state index contributed by atoms with van der Waals surface area (Å²) in [6.45, 7) is 22.3. The molecule has 0 aromatic heterocycles. The largest absolute Gasteiger partial charge is 0.309 e. The number of nitrogens with one attached hydrogen (secondary N) is 2. The van der Waals surface area contributed by atoms with E-state index in [1.54, 1.807) is 0 Å². The van der Waals surface area contributed by atoms with E-state index in [-0.39, 0.29) is 0 Å². The van der Waals surface area contributed by atoms with Gasteiger partial charge in [0.1, 0.15) is 0 Å². The number of hydrogen-bond acceptors (Lipinski definition) is 3. The van der Waals surface area contributed by atoms with Gasteiger partial charge in [0.25, 0.3) is 8.56 Å². The normalized spacial score (nSPS) is 11.0. The fourth-order valence-corrected chi connectivity index (χ4v) is 5.33. The molecule has 0 aliphatic rings. The number of rotatable bonds is 13. The van der Waals surface area contributed by atoms with Crippen LogP contribution in [0.25, 0.3) is 0 Å². The second-order valence-electron chi connectivity index (χ2n) is 4.17. The molecule has 106 valence electrons. The molecule has 0 atom stereocenters. The zero-order valence-corrected chi connectivity index (χ0v) is 12.9. The molecule has 0 spiro atoms. The van der Waals surface area contributed by atoms with Gasteiger partial charge in [-0.25, -0.2) is 0 Å². The molecule has 0 fully saturated rings. The first-order valence-corrected chi connectivity index (χ1v) is 8.65. The number of allylic oxidation sites excluding steroid dienone is 1. The van der Waals surface area contributed by atoms with Crippen molar-refractivity contribution in [2.75, 3.05) is 26.2 Å². The average Bonchev–Trinajstić information content (AvgIpc) is 2.42. The molecule has 4 heteroatoms. The molecule has 0 aliphatic heterocycles. The summed E-state index contributed by atoms with van der Waals surface area (Å²) in [5.74, 6) is 0. The van der Waals surface area contributed by atoms with Crippen molar-refractivity contribution in [2.24, 2.45) is 0 Å². The molecule has 0 heterocycles. The van der Waals surface area contributed by atoms with E-state index >= 15 is 0 Å². The molecule has 0 radical (unpaired) electrons. The van der Waals surface area contributed by atoms with Crippen molar-refractivity contribution in [2.45, 2.75) is 6.04 Å².